The summed E-state index contributed by atoms with van der Waals surface area (Å²) in [4.78, 5) is 15.1. The van der Waals surface area contributed by atoms with E-state index in [9.17, 15) is 4.79 Å². The predicted octanol–water partition coefficient (Wildman–Crippen LogP) is 2.81. The van der Waals surface area contributed by atoms with Crippen LogP contribution in [0.2, 0.25) is 5.02 Å². The average Bonchev–Trinajstić information content (AvgIpc) is 2.55. The van der Waals surface area contributed by atoms with E-state index in [-0.39, 0.29) is 11.6 Å². The van der Waals surface area contributed by atoms with Gasteiger partial charge in [-0.1, -0.05) is 25.4 Å². The number of nitrogens with zero attached hydrogens (tertiary/aromatic N) is 2. The second kappa shape index (κ2) is 3.79. The van der Waals surface area contributed by atoms with Crippen molar-refractivity contribution in [3.63, 3.8) is 0 Å². The second-order valence-corrected chi connectivity index (χ2v) is 4.32. The van der Waals surface area contributed by atoms with E-state index in [0.29, 0.717) is 16.4 Å². The van der Waals surface area contributed by atoms with Gasteiger partial charge in [0, 0.05) is 17.3 Å². The number of fused-ring (bicyclic) bond motifs is 1. The molecule has 0 aliphatic carbocycles. The van der Waals surface area contributed by atoms with E-state index in [0.717, 1.165) is 0 Å². The first kappa shape index (κ1) is 11.0. The number of carboxylic acid groups (broad SMARTS) is 1. The van der Waals surface area contributed by atoms with Gasteiger partial charge < -0.3 is 9.51 Å². The first-order valence-corrected chi connectivity index (χ1v) is 5.29. The van der Waals surface area contributed by atoms with Crippen molar-refractivity contribution >= 4 is 23.2 Å². The smallest absolute Gasteiger partial charge is 0.356 e. The van der Waals surface area contributed by atoms with Gasteiger partial charge in [0.2, 0.25) is 0 Å². The van der Waals surface area contributed by atoms with E-state index in [1.165, 1.54) is 0 Å². The molecular formula is C11H11ClN2O2. The lowest BCUT2D eigenvalue weighted by Crippen LogP contribution is -2.04. The minimum absolute atomic E-state index is 0.0854. The molecule has 0 saturated carbocycles. The molecule has 0 amide bonds. The molecule has 0 atom stereocenters. The third kappa shape index (κ3) is 1.65. The van der Waals surface area contributed by atoms with Crippen LogP contribution in [0, 0.1) is 0 Å². The van der Waals surface area contributed by atoms with Gasteiger partial charge in [-0.2, -0.15) is 0 Å². The van der Waals surface area contributed by atoms with Crippen molar-refractivity contribution in [3.8, 4) is 0 Å². The summed E-state index contributed by atoms with van der Waals surface area (Å²) in [5.41, 5.74) is 1.35. The number of hydrogen-bond donors (Lipinski definition) is 1. The van der Waals surface area contributed by atoms with Gasteiger partial charge >= 0.3 is 5.97 Å². The summed E-state index contributed by atoms with van der Waals surface area (Å²) in [6.45, 7) is 3.87. The minimum Gasteiger partial charge on any atom is -0.476 e. The molecule has 0 spiro atoms. The molecule has 0 unspecified atom stereocenters. The number of carbonyl (C=O) groups is 1. The normalized spacial score (nSPS) is 11.2. The van der Waals surface area contributed by atoms with Crippen LogP contribution in [0.15, 0.2) is 18.3 Å². The Morgan fingerprint density at radius 1 is 1.56 bits per heavy atom. The molecule has 0 saturated heterocycles. The van der Waals surface area contributed by atoms with Crippen molar-refractivity contribution < 1.29 is 9.90 Å². The number of carboxylic acids is 1. The van der Waals surface area contributed by atoms with E-state index in [1.54, 1.807) is 22.7 Å². The summed E-state index contributed by atoms with van der Waals surface area (Å²) in [7, 11) is 0. The van der Waals surface area contributed by atoms with E-state index in [2.05, 4.69) is 4.98 Å². The molecule has 0 aromatic carbocycles. The lowest BCUT2D eigenvalue weighted by atomic mass is 10.1. The highest BCUT2D eigenvalue weighted by Crippen LogP contribution is 2.23. The zero-order valence-electron chi connectivity index (χ0n) is 8.94. The molecule has 0 aliphatic rings. The topological polar surface area (TPSA) is 54.6 Å². The van der Waals surface area contributed by atoms with Gasteiger partial charge in [-0.3, -0.25) is 0 Å². The monoisotopic (exact) mass is 238 g/mol. The SMILES string of the molecule is CC(C)c1c(C(=O)O)nc2cc(Cl)ccn12. The van der Waals surface area contributed by atoms with Crippen LogP contribution in [-0.4, -0.2) is 20.5 Å². The number of aromatic carboxylic acids is 1. The standard InChI is InChI=1S/C11H11ClN2O2/c1-6(2)10-9(11(15)16)13-8-5-7(12)3-4-14(8)10/h3-6H,1-2H3,(H,15,16). The fourth-order valence-corrected chi connectivity index (χ4v) is 1.90. The Bertz CT molecular complexity index is 560. The zero-order valence-corrected chi connectivity index (χ0v) is 9.69. The van der Waals surface area contributed by atoms with Crippen LogP contribution in [-0.2, 0) is 0 Å². The van der Waals surface area contributed by atoms with Gasteiger partial charge in [0.15, 0.2) is 5.69 Å². The Kier molecular flexibility index (Phi) is 2.59. The molecule has 2 rings (SSSR count). The first-order valence-electron chi connectivity index (χ1n) is 4.91. The summed E-state index contributed by atoms with van der Waals surface area (Å²) < 4.78 is 1.76. The van der Waals surface area contributed by atoms with E-state index < -0.39 is 5.97 Å². The summed E-state index contributed by atoms with van der Waals surface area (Å²) >= 11 is 5.84. The van der Waals surface area contributed by atoms with Gasteiger partial charge in [0.05, 0.1) is 5.69 Å². The molecule has 84 valence electrons. The van der Waals surface area contributed by atoms with E-state index in [4.69, 9.17) is 16.7 Å². The van der Waals surface area contributed by atoms with Gasteiger partial charge in [-0.05, 0) is 12.0 Å². The second-order valence-electron chi connectivity index (χ2n) is 3.88. The zero-order chi connectivity index (χ0) is 11.9. The maximum absolute atomic E-state index is 11.1. The molecule has 2 aromatic rings. The van der Waals surface area contributed by atoms with Crippen molar-refractivity contribution in [2.24, 2.45) is 0 Å². The fourth-order valence-electron chi connectivity index (χ4n) is 1.75. The highest BCUT2D eigenvalue weighted by Gasteiger charge is 2.20. The molecular weight excluding hydrogens is 228 g/mol. The van der Waals surface area contributed by atoms with Crippen LogP contribution in [0.25, 0.3) is 5.65 Å². The lowest BCUT2D eigenvalue weighted by Gasteiger charge is -2.05. The Morgan fingerprint density at radius 2 is 2.25 bits per heavy atom. The highest BCUT2D eigenvalue weighted by molar-refractivity contribution is 6.30. The van der Waals surface area contributed by atoms with Crippen molar-refractivity contribution in [2.45, 2.75) is 19.8 Å². The molecule has 0 bridgehead atoms. The van der Waals surface area contributed by atoms with Crippen molar-refractivity contribution in [3.05, 3.63) is 34.7 Å². The Labute approximate surface area is 97.5 Å². The molecule has 0 fully saturated rings. The summed E-state index contributed by atoms with van der Waals surface area (Å²) in [5, 5.41) is 9.62. The molecule has 2 aromatic heterocycles. The average molecular weight is 239 g/mol. The van der Waals surface area contributed by atoms with Crippen LogP contribution in [0.4, 0.5) is 0 Å². The molecule has 0 radical (unpaired) electrons. The number of imidazole rings is 1. The summed E-state index contributed by atoms with van der Waals surface area (Å²) in [5.74, 6) is -0.925. The maximum Gasteiger partial charge on any atom is 0.356 e. The van der Waals surface area contributed by atoms with Crippen LogP contribution in [0.3, 0.4) is 0 Å². The van der Waals surface area contributed by atoms with E-state index in [1.807, 2.05) is 13.8 Å². The molecule has 2 heterocycles. The Hall–Kier alpha value is -1.55. The maximum atomic E-state index is 11.1. The van der Waals surface area contributed by atoms with Crippen LogP contribution in [0.1, 0.15) is 35.9 Å². The van der Waals surface area contributed by atoms with Crippen molar-refractivity contribution in [2.75, 3.05) is 0 Å². The largest absolute Gasteiger partial charge is 0.476 e. The van der Waals surface area contributed by atoms with E-state index >= 15 is 0 Å². The number of pyridine rings is 1. The highest BCUT2D eigenvalue weighted by atomic mass is 35.5. The van der Waals surface area contributed by atoms with Crippen LogP contribution >= 0.6 is 11.6 Å². The van der Waals surface area contributed by atoms with Crippen molar-refractivity contribution in [1.82, 2.24) is 9.38 Å². The third-order valence-electron chi connectivity index (χ3n) is 2.37. The minimum atomic E-state index is -1.01. The molecule has 16 heavy (non-hydrogen) atoms. The molecule has 0 aliphatic heterocycles. The molecule has 4 nitrogen and oxygen atoms in total. The Balaban J connectivity index is 2.81. The first-order chi connectivity index (χ1) is 7.50. The van der Waals surface area contributed by atoms with Gasteiger partial charge in [-0.25, -0.2) is 9.78 Å². The number of aromatic nitrogens is 2. The van der Waals surface area contributed by atoms with Crippen molar-refractivity contribution in [1.29, 1.82) is 0 Å². The number of rotatable bonds is 2. The number of halogens is 1. The third-order valence-corrected chi connectivity index (χ3v) is 2.61. The molecule has 1 N–H and O–H groups in total. The number of hydrogen-bond acceptors (Lipinski definition) is 2. The summed E-state index contributed by atoms with van der Waals surface area (Å²) in [6, 6.07) is 3.37. The lowest BCUT2D eigenvalue weighted by molar-refractivity contribution is 0.0689. The predicted molar refractivity (Wildman–Crippen MR) is 61.3 cm³/mol. The molecule has 5 heteroatoms. The van der Waals surface area contributed by atoms with Crippen LogP contribution in [0.5, 0.6) is 0 Å². The quantitative estimate of drug-likeness (QED) is 0.875. The van der Waals surface area contributed by atoms with Gasteiger partial charge in [0.25, 0.3) is 0 Å². The van der Waals surface area contributed by atoms with Gasteiger partial charge in [0.1, 0.15) is 5.65 Å². The van der Waals surface area contributed by atoms with Gasteiger partial charge in [-0.15, -0.1) is 0 Å². The Morgan fingerprint density at radius 3 is 2.81 bits per heavy atom. The summed E-state index contributed by atoms with van der Waals surface area (Å²) in [6.07, 6.45) is 1.74. The van der Waals surface area contributed by atoms with Crippen LogP contribution < -0.4 is 0 Å². The fraction of sp³-hybridized carbons (Fsp3) is 0.273.